The van der Waals surface area contributed by atoms with Crippen LogP contribution in [0.25, 0.3) is 17.4 Å². The van der Waals surface area contributed by atoms with Crippen molar-refractivity contribution in [1.29, 1.82) is 5.26 Å². The number of hydrogen-bond acceptors (Lipinski definition) is 7. The Morgan fingerprint density at radius 1 is 1.15 bits per heavy atom. The summed E-state index contributed by atoms with van der Waals surface area (Å²) in [6.07, 6.45) is 8.18. The second-order valence-electron chi connectivity index (χ2n) is 11.5. The van der Waals surface area contributed by atoms with Gasteiger partial charge in [-0.05, 0) is 99.0 Å². The number of hydrogen-bond donors (Lipinski definition) is 1. The summed E-state index contributed by atoms with van der Waals surface area (Å²) < 4.78 is 10.7. The number of carbonyl (C=O) groups excluding carboxylic acids is 4. The maximum absolute atomic E-state index is 13.6. The highest BCUT2D eigenvalue weighted by Crippen LogP contribution is 2.62. The molecule has 9 nitrogen and oxygen atoms in total. The van der Waals surface area contributed by atoms with Crippen LogP contribution in [0, 0.1) is 34.5 Å². The number of rotatable bonds is 6. The van der Waals surface area contributed by atoms with Crippen LogP contribution in [0.2, 0.25) is 0 Å². The fourth-order valence-corrected chi connectivity index (χ4v) is 7.69. The molecule has 9 heteroatoms. The summed E-state index contributed by atoms with van der Waals surface area (Å²) in [6.45, 7) is 1.61. The number of esters is 1. The van der Waals surface area contributed by atoms with E-state index in [1.165, 1.54) is 30.2 Å². The molecule has 2 aromatic rings. The van der Waals surface area contributed by atoms with E-state index in [1.54, 1.807) is 42.5 Å². The Balaban J connectivity index is 1.24. The Kier molecular flexibility index (Phi) is 6.13. The van der Waals surface area contributed by atoms with Crippen molar-refractivity contribution in [3.63, 3.8) is 0 Å². The lowest BCUT2D eigenvalue weighted by atomic mass is 9.47. The van der Waals surface area contributed by atoms with Gasteiger partial charge in [-0.15, -0.1) is 0 Å². The zero-order valence-corrected chi connectivity index (χ0v) is 21.6. The van der Waals surface area contributed by atoms with Crippen LogP contribution in [0.3, 0.4) is 0 Å². The number of barbiturate groups is 1. The van der Waals surface area contributed by atoms with E-state index in [9.17, 15) is 19.2 Å². The van der Waals surface area contributed by atoms with Gasteiger partial charge in [-0.2, -0.15) is 5.26 Å². The summed E-state index contributed by atoms with van der Waals surface area (Å²) in [5.41, 5.74) is 0.595. The standard InChI is InChI=1S/C30H29N3O6/c1-17(30-14-18-9-19(15-30)11-20(10-18)16-30)33-27(35)24(26(34)32-29(33)37)13-23-5-6-25(39-23)21-3-2-4-22(12-21)28(36)38-8-7-31/h2-6,12-13,17-20H,8-11,14-16H2,1H3,(H,32,34,37)/b24-13+. The SMILES string of the molecule is CC(N1C(=O)NC(=O)/C(=C\c2ccc(-c3cccc(C(=O)OCC#N)c3)o2)C1=O)C12CC3CC(CC(C3)C1)C2. The number of urea groups is 1. The quantitative estimate of drug-likeness (QED) is 0.328. The number of amides is 4. The molecule has 1 atom stereocenters. The van der Waals surface area contributed by atoms with Crippen molar-refractivity contribution in [3.05, 3.63) is 53.3 Å². The lowest BCUT2D eigenvalue weighted by Crippen LogP contribution is -2.63. The number of nitrogens with zero attached hydrogens (tertiary/aromatic N) is 2. The van der Waals surface area contributed by atoms with Crippen LogP contribution >= 0.6 is 0 Å². The van der Waals surface area contributed by atoms with E-state index in [1.807, 2.05) is 6.92 Å². The van der Waals surface area contributed by atoms with Crippen molar-refractivity contribution in [2.75, 3.05) is 6.61 Å². The Morgan fingerprint density at radius 3 is 2.51 bits per heavy atom. The molecule has 1 aromatic carbocycles. The predicted molar refractivity (Wildman–Crippen MR) is 138 cm³/mol. The van der Waals surface area contributed by atoms with Crippen LogP contribution in [-0.4, -0.2) is 41.4 Å². The van der Waals surface area contributed by atoms with Crippen LogP contribution in [0.5, 0.6) is 0 Å². The molecule has 1 unspecified atom stereocenters. The monoisotopic (exact) mass is 527 g/mol. The molecule has 39 heavy (non-hydrogen) atoms. The molecule has 4 amide bonds. The normalized spacial score (nSPS) is 29.3. The van der Waals surface area contributed by atoms with Gasteiger partial charge >= 0.3 is 12.0 Å². The van der Waals surface area contributed by atoms with E-state index in [0.717, 1.165) is 19.3 Å². The van der Waals surface area contributed by atoms with Gasteiger partial charge in [0, 0.05) is 11.6 Å². The second-order valence-corrected chi connectivity index (χ2v) is 11.5. The maximum atomic E-state index is 13.6. The summed E-state index contributed by atoms with van der Waals surface area (Å²) in [5, 5.41) is 11.0. The number of benzene rings is 1. The van der Waals surface area contributed by atoms with Crippen LogP contribution in [0.15, 0.2) is 46.4 Å². The summed E-state index contributed by atoms with van der Waals surface area (Å²) in [6, 6.07) is 10.6. The first kappa shape index (κ1) is 25.1. The minimum absolute atomic E-state index is 0.0928. The van der Waals surface area contributed by atoms with Crippen molar-refractivity contribution >= 4 is 29.9 Å². The molecule has 5 aliphatic rings. The fraction of sp³-hybridized carbons (Fsp3) is 0.433. The maximum Gasteiger partial charge on any atom is 0.339 e. The molecular weight excluding hydrogens is 498 g/mol. The first-order chi connectivity index (χ1) is 18.8. The Labute approximate surface area is 225 Å². The van der Waals surface area contributed by atoms with E-state index in [0.29, 0.717) is 29.1 Å². The highest BCUT2D eigenvalue weighted by molar-refractivity contribution is 6.31. The first-order valence-electron chi connectivity index (χ1n) is 13.4. The highest BCUT2D eigenvalue weighted by Gasteiger charge is 2.56. The van der Waals surface area contributed by atoms with Crippen LogP contribution in [0.4, 0.5) is 4.79 Å². The van der Waals surface area contributed by atoms with Crippen molar-refractivity contribution < 1.29 is 28.3 Å². The highest BCUT2D eigenvalue weighted by atomic mass is 16.5. The van der Waals surface area contributed by atoms with Crippen LogP contribution in [0.1, 0.15) is 61.6 Å². The smallest absolute Gasteiger partial charge is 0.339 e. The van der Waals surface area contributed by atoms with Crippen molar-refractivity contribution in [1.82, 2.24) is 10.2 Å². The number of carbonyl (C=O) groups is 4. The third-order valence-corrected chi connectivity index (χ3v) is 9.06. The molecule has 4 saturated carbocycles. The zero-order chi connectivity index (χ0) is 27.3. The zero-order valence-electron chi connectivity index (χ0n) is 21.6. The van der Waals surface area contributed by atoms with Crippen LogP contribution in [-0.2, 0) is 14.3 Å². The van der Waals surface area contributed by atoms with E-state index >= 15 is 0 Å². The topological polar surface area (TPSA) is 130 Å². The molecule has 1 saturated heterocycles. The number of imide groups is 2. The second kappa shape index (κ2) is 9.53. The fourth-order valence-electron chi connectivity index (χ4n) is 7.69. The van der Waals surface area contributed by atoms with Gasteiger partial charge in [0.05, 0.1) is 5.56 Å². The summed E-state index contributed by atoms with van der Waals surface area (Å²) in [5.74, 6) is 0.665. The molecule has 0 radical (unpaired) electrons. The first-order valence-corrected chi connectivity index (χ1v) is 13.4. The summed E-state index contributed by atoms with van der Waals surface area (Å²) >= 11 is 0. The average Bonchev–Trinajstić information content (AvgIpc) is 3.37. The van der Waals surface area contributed by atoms with Gasteiger partial charge < -0.3 is 9.15 Å². The molecule has 4 bridgehead atoms. The van der Waals surface area contributed by atoms with E-state index in [2.05, 4.69) is 5.32 Å². The third kappa shape index (κ3) is 4.44. The van der Waals surface area contributed by atoms with Gasteiger partial charge in [0.2, 0.25) is 0 Å². The van der Waals surface area contributed by atoms with E-state index in [4.69, 9.17) is 14.4 Å². The molecule has 1 N–H and O–H groups in total. The summed E-state index contributed by atoms with van der Waals surface area (Å²) in [4.78, 5) is 52.7. The van der Waals surface area contributed by atoms with Gasteiger partial charge in [0.15, 0.2) is 6.61 Å². The lowest BCUT2D eigenvalue weighted by molar-refractivity contribution is -0.139. The van der Waals surface area contributed by atoms with Crippen molar-refractivity contribution in [3.8, 4) is 17.4 Å². The minimum atomic E-state index is -0.751. The molecular formula is C30H29N3O6. The molecule has 2 heterocycles. The number of nitriles is 1. The minimum Gasteiger partial charge on any atom is -0.457 e. The Hall–Kier alpha value is -4.19. The average molecular weight is 528 g/mol. The Morgan fingerprint density at radius 2 is 1.85 bits per heavy atom. The van der Waals surface area contributed by atoms with Crippen LogP contribution < -0.4 is 5.32 Å². The molecule has 7 rings (SSSR count). The van der Waals surface area contributed by atoms with Gasteiger partial charge in [-0.3, -0.25) is 19.8 Å². The van der Waals surface area contributed by atoms with E-state index < -0.39 is 23.8 Å². The van der Waals surface area contributed by atoms with Gasteiger partial charge in [0.1, 0.15) is 23.2 Å². The number of nitrogens with one attached hydrogen (secondary N) is 1. The lowest BCUT2D eigenvalue weighted by Gasteiger charge is -2.60. The molecule has 200 valence electrons. The largest absolute Gasteiger partial charge is 0.457 e. The van der Waals surface area contributed by atoms with Crippen molar-refractivity contribution in [2.24, 2.45) is 23.2 Å². The molecule has 5 fully saturated rings. The van der Waals surface area contributed by atoms with E-state index in [-0.39, 0.29) is 35.0 Å². The van der Waals surface area contributed by atoms with Gasteiger partial charge in [-0.25, -0.2) is 9.59 Å². The Bertz CT molecular complexity index is 1410. The number of furan rings is 1. The summed E-state index contributed by atoms with van der Waals surface area (Å²) in [7, 11) is 0. The molecule has 1 aliphatic heterocycles. The predicted octanol–water partition coefficient (Wildman–Crippen LogP) is 4.69. The van der Waals surface area contributed by atoms with Gasteiger partial charge in [0.25, 0.3) is 11.8 Å². The number of ether oxygens (including phenoxy) is 1. The van der Waals surface area contributed by atoms with Gasteiger partial charge in [-0.1, -0.05) is 12.1 Å². The molecule has 4 aliphatic carbocycles. The van der Waals surface area contributed by atoms with Crippen molar-refractivity contribution in [2.45, 2.75) is 51.5 Å². The third-order valence-electron chi connectivity index (χ3n) is 9.06. The molecule has 0 spiro atoms. The molecule has 1 aromatic heterocycles.